The Labute approximate surface area is 128 Å². The van der Waals surface area contributed by atoms with Crippen LogP contribution in [0.2, 0.25) is 0 Å². The van der Waals surface area contributed by atoms with Gasteiger partial charge >= 0.3 is 0 Å². The van der Waals surface area contributed by atoms with Gasteiger partial charge in [0.25, 0.3) is 0 Å². The number of benzene rings is 1. The van der Waals surface area contributed by atoms with Crippen LogP contribution < -0.4 is 11.3 Å². The maximum absolute atomic E-state index is 5.72. The number of rotatable bonds is 5. The van der Waals surface area contributed by atoms with Gasteiger partial charge in [-0.05, 0) is 41.8 Å². The molecular formula is C15H21BrN4. The maximum Gasteiger partial charge on any atom is 0.0738 e. The van der Waals surface area contributed by atoms with Crippen molar-refractivity contribution in [2.45, 2.75) is 32.7 Å². The van der Waals surface area contributed by atoms with E-state index in [1.807, 2.05) is 18.7 Å². The molecule has 2 rings (SSSR count). The number of halogens is 1. The molecule has 0 spiro atoms. The molecule has 0 bridgehead atoms. The Hall–Kier alpha value is -1.17. The molecular weight excluding hydrogens is 316 g/mol. The van der Waals surface area contributed by atoms with Gasteiger partial charge in [0.1, 0.15) is 0 Å². The van der Waals surface area contributed by atoms with E-state index in [0.29, 0.717) is 0 Å². The molecule has 0 fully saturated rings. The summed E-state index contributed by atoms with van der Waals surface area (Å²) >= 11 is 3.60. The van der Waals surface area contributed by atoms with E-state index >= 15 is 0 Å². The summed E-state index contributed by atoms with van der Waals surface area (Å²) in [5, 5.41) is 4.42. The summed E-state index contributed by atoms with van der Waals surface area (Å²) in [5.74, 6) is 5.72. The lowest BCUT2D eigenvalue weighted by Crippen LogP contribution is -2.39. The van der Waals surface area contributed by atoms with E-state index in [4.69, 9.17) is 5.84 Å². The molecule has 0 aliphatic rings. The van der Waals surface area contributed by atoms with Crippen LogP contribution in [0, 0.1) is 13.8 Å². The standard InChI is InChI=1S/C15H21BrN4/c1-10-5-4-6-12(7-10)8-13(18-17)9-14-15(16)11(2)19-20(14)3/h4-7,13,18H,8-9,17H2,1-3H3. The Balaban J connectivity index is 2.13. The normalized spacial score (nSPS) is 12.7. The van der Waals surface area contributed by atoms with Crippen LogP contribution in [0.25, 0.3) is 0 Å². The number of nitrogens with zero attached hydrogens (tertiary/aromatic N) is 2. The van der Waals surface area contributed by atoms with Crippen LogP contribution in [-0.2, 0) is 19.9 Å². The molecule has 4 nitrogen and oxygen atoms in total. The second kappa shape index (κ2) is 6.52. The predicted octanol–water partition coefficient (Wildman–Crippen LogP) is 2.42. The molecule has 1 unspecified atom stereocenters. The van der Waals surface area contributed by atoms with Gasteiger partial charge in [-0.3, -0.25) is 16.0 Å². The van der Waals surface area contributed by atoms with Gasteiger partial charge in [0, 0.05) is 19.5 Å². The van der Waals surface area contributed by atoms with Gasteiger partial charge in [-0.1, -0.05) is 29.8 Å². The van der Waals surface area contributed by atoms with Gasteiger partial charge in [0.05, 0.1) is 15.9 Å². The van der Waals surface area contributed by atoms with E-state index in [1.54, 1.807) is 0 Å². The molecule has 0 aliphatic carbocycles. The van der Waals surface area contributed by atoms with Crippen molar-refractivity contribution in [3.8, 4) is 0 Å². The molecule has 1 aromatic carbocycles. The number of aryl methyl sites for hydroxylation is 3. The number of hydrogen-bond acceptors (Lipinski definition) is 3. The minimum atomic E-state index is 0.183. The molecule has 5 heteroatoms. The molecule has 0 saturated carbocycles. The lowest BCUT2D eigenvalue weighted by molar-refractivity contribution is 0.504. The number of aromatic nitrogens is 2. The van der Waals surface area contributed by atoms with E-state index in [1.165, 1.54) is 11.1 Å². The molecule has 20 heavy (non-hydrogen) atoms. The third-order valence-electron chi connectivity index (χ3n) is 3.50. The lowest BCUT2D eigenvalue weighted by atomic mass is 10.0. The van der Waals surface area contributed by atoms with Crippen molar-refractivity contribution in [3.05, 3.63) is 51.3 Å². The van der Waals surface area contributed by atoms with Crippen LogP contribution in [0.1, 0.15) is 22.5 Å². The van der Waals surface area contributed by atoms with Gasteiger partial charge in [0.2, 0.25) is 0 Å². The van der Waals surface area contributed by atoms with E-state index in [-0.39, 0.29) is 6.04 Å². The van der Waals surface area contributed by atoms with E-state index in [0.717, 1.165) is 28.7 Å². The van der Waals surface area contributed by atoms with Crippen LogP contribution >= 0.6 is 15.9 Å². The van der Waals surface area contributed by atoms with Crippen molar-refractivity contribution < 1.29 is 0 Å². The summed E-state index contributed by atoms with van der Waals surface area (Å²) in [6, 6.07) is 8.72. The molecule has 0 aliphatic heterocycles. The van der Waals surface area contributed by atoms with Gasteiger partial charge < -0.3 is 0 Å². The number of hydrazine groups is 1. The van der Waals surface area contributed by atoms with Gasteiger partial charge in [-0.2, -0.15) is 5.10 Å². The van der Waals surface area contributed by atoms with Crippen LogP contribution in [0.15, 0.2) is 28.7 Å². The van der Waals surface area contributed by atoms with Crippen molar-refractivity contribution in [1.82, 2.24) is 15.2 Å². The van der Waals surface area contributed by atoms with Gasteiger partial charge in [-0.25, -0.2) is 0 Å². The fourth-order valence-electron chi connectivity index (χ4n) is 2.45. The fourth-order valence-corrected chi connectivity index (χ4v) is 2.95. The first-order valence-corrected chi connectivity index (χ1v) is 7.50. The number of nitrogens with one attached hydrogen (secondary N) is 1. The van der Waals surface area contributed by atoms with Crippen molar-refractivity contribution in [1.29, 1.82) is 0 Å². The van der Waals surface area contributed by atoms with Crippen molar-refractivity contribution >= 4 is 15.9 Å². The first-order chi connectivity index (χ1) is 9.51. The van der Waals surface area contributed by atoms with Crippen molar-refractivity contribution in [2.75, 3.05) is 0 Å². The maximum atomic E-state index is 5.72. The molecule has 108 valence electrons. The molecule has 1 atom stereocenters. The zero-order chi connectivity index (χ0) is 14.7. The van der Waals surface area contributed by atoms with Crippen LogP contribution in [0.5, 0.6) is 0 Å². The monoisotopic (exact) mass is 336 g/mol. The summed E-state index contributed by atoms with van der Waals surface area (Å²) in [7, 11) is 1.97. The predicted molar refractivity (Wildman–Crippen MR) is 85.3 cm³/mol. The lowest BCUT2D eigenvalue weighted by Gasteiger charge is -2.16. The third kappa shape index (κ3) is 3.48. The van der Waals surface area contributed by atoms with E-state index < -0.39 is 0 Å². The second-order valence-electron chi connectivity index (χ2n) is 5.23. The SMILES string of the molecule is Cc1cccc(CC(Cc2c(Br)c(C)nn2C)NN)c1. The van der Waals surface area contributed by atoms with E-state index in [2.05, 4.69) is 57.6 Å². The third-order valence-corrected chi connectivity index (χ3v) is 4.53. The topological polar surface area (TPSA) is 55.9 Å². The molecule has 1 heterocycles. The zero-order valence-electron chi connectivity index (χ0n) is 12.2. The highest BCUT2D eigenvalue weighted by Crippen LogP contribution is 2.22. The largest absolute Gasteiger partial charge is 0.271 e. The first-order valence-electron chi connectivity index (χ1n) is 6.71. The highest BCUT2D eigenvalue weighted by Gasteiger charge is 2.16. The van der Waals surface area contributed by atoms with Crippen molar-refractivity contribution in [2.24, 2.45) is 12.9 Å². The minimum Gasteiger partial charge on any atom is -0.271 e. The van der Waals surface area contributed by atoms with Gasteiger partial charge in [0.15, 0.2) is 0 Å². The summed E-state index contributed by atoms with van der Waals surface area (Å²) in [4.78, 5) is 0. The summed E-state index contributed by atoms with van der Waals surface area (Å²) in [6.45, 7) is 4.11. The minimum absolute atomic E-state index is 0.183. The average molecular weight is 337 g/mol. The Morgan fingerprint density at radius 2 is 2.10 bits per heavy atom. The molecule has 1 aromatic heterocycles. The first kappa shape index (κ1) is 15.2. The van der Waals surface area contributed by atoms with Crippen LogP contribution in [-0.4, -0.2) is 15.8 Å². The quantitative estimate of drug-likeness (QED) is 0.651. The molecule has 0 radical (unpaired) electrons. The van der Waals surface area contributed by atoms with E-state index in [9.17, 15) is 0 Å². The Bertz CT molecular complexity index is 592. The molecule has 3 N–H and O–H groups in total. The smallest absolute Gasteiger partial charge is 0.0738 e. The van der Waals surface area contributed by atoms with Crippen molar-refractivity contribution in [3.63, 3.8) is 0 Å². The fraction of sp³-hybridized carbons (Fsp3) is 0.400. The Kier molecular flexibility index (Phi) is 4.96. The zero-order valence-corrected chi connectivity index (χ0v) is 13.7. The molecule has 2 aromatic rings. The van der Waals surface area contributed by atoms with Gasteiger partial charge in [-0.15, -0.1) is 0 Å². The summed E-state index contributed by atoms with van der Waals surface area (Å²) < 4.78 is 2.99. The summed E-state index contributed by atoms with van der Waals surface area (Å²) in [5.41, 5.74) is 7.66. The highest BCUT2D eigenvalue weighted by atomic mass is 79.9. The number of hydrogen-bond donors (Lipinski definition) is 2. The Morgan fingerprint density at radius 1 is 1.35 bits per heavy atom. The summed E-state index contributed by atoms with van der Waals surface area (Å²) in [6.07, 6.45) is 1.73. The number of nitrogens with two attached hydrogens (primary N) is 1. The van der Waals surface area contributed by atoms with Crippen LogP contribution in [0.3, 0.4) is 0 Å². The average Bonchev–Trinajstić information content (AvgIpc) is 2.64. The second-order valence-corrected chi connectivity index (χ2v) is 6.02. The highest BCUT2D eigenvalue weighted by molar-refractivity contribution is 9.10. The molecule has 0 saturated heterocycles. The molecule has 0 amide bonds. The van der Waals surface area contributed by atoms with Crippen LogP contribution in [0.4, 0.5) is 0 Å². The Morgan fingerprint density at radius 3 is 2.65 bits per heavy atom.